The summed E-state index contributed by atoms with van der Waals surface area (Å²) in [5.74, 6) is -0.249. The van der Waals surface area contributed by atoms with E-state index >= 15 is 0 Å². The molecule has 1 aliphatic heterocycles. The van der Waals surface area contributed by atoms with E-state index in [0.29, 0.717) is 6.42 Å². The zero-order chi connectivity index (χ0) is 10.7. The first kappa shape index (κ1) is 11.9. The lowest BCUT2D eigenvalue weighted by molar-refractivity contribution is -0.283. The lowest BCUT2D eigenvalue weighted by Gasteiger charge is -2.41. The normalized spacial score (nSPS) is 43.9. The fraction of sp³-hybridized carbons (Fsp3) is 1.00. The second-order valence-electron chi connectivity index (χ2n) is 3.51. The van der Waals surface area contributed by atoms with Crippen LogP contribution in [0.5, 0.6) is 0 Å². The van der Waals surface area contributed by atoms with E-state index < -0.39 is 24.6 Å². The summed E-state index contributed by atoms with van der Waals surface area (Å²) in [4.78, 5) is 0. The van der Waals surface area contributed by atoms with Crippen LogP contribution in [0.1, 0.15) is 13.3 Å². The van der Waals surface area contributed by atoms with Crippen molar-refractivity contribution in [2.24, 2.45) is 5.92 Å². The van der Waals surface area contributed by atoms with Gasteiger partial charge >= 0.3 is 0 Å². The molecule has 0 aromatic rings. The summed E-state index contributed by atoms with van der Waals surface area (Å²) in [6, 6.07) is 0. The molecule has 5 atom stereocenters. The van der Waals surface area contributed by atoms with Crippen LogP contribution in [0.4, 0.5) is 0 Å². The summed E-state index contributed by atoms with van der Waals surface area (Å²) < 4.78 is 10.1. The summed E-state index contributed by atoms with van der Waals surface area (Å²) in [5, 5.41) is 28.3. The predicted molar refractivity (Wildman–Crippen MR) is 48.6 cm³/mol. The average Bonchev–Trinajstić information content (AvgIpc) is 2.21. The number of aliphatic hydroxyl groups excluding tert-OH is 3. The highest BCUT2D eigenvalue weighted by Gasteiger charge is 2.43. The van der Waals surface area contributed by atoms with Gasteiger partial charge in [0.1, 0.15) is 6.10 Å². The van der Waals surface area contributed by atoms with Gasteiger partial charge in [-0.25, -0.2) is 0 Å². The Labute approximate surface area is 83.3 Å². The molecule has 2 unspecified atom stereocenters. The van der Waals surface area contributed by atoms with Gasteiger partial charge in [0.2, 0.25) is 0 Å². The van der Waals surface area contributed by atoms with Crippen molar-refractivity contribution in [3.8, 4) is 0 Å². The smallest absolute Gasteiger partial charge is 0.186 e. The second-order valence-corrected chi connectivity index (χ2v) is 3.51. The van der Waals surface area contributed by atoms with Crippen molar-refractivity contribution in [1.29, 1.82) is 0 Å². The summed E-state index contributed by atoms with van der Waals surface area (Å²) in [6.45, 7) is 1.70. The molecule has 84 valence electrons. The van der Waals surface area contributed by atoms with Crippen molar-refractivity contribution >= 4 is 0 Å². The average molecular weight is 206 g/mol. The van der Waals surface area contributed by atoms with E-state index in [1.165, 1.54) is 7.11 Å². The molecule has 1 saturated heterocycles. The minimum Gasteiger partial charge on any atom is -0.394 e. The molecule has 0 aromatic carbocycles. The number of aliphatic hydroxyl groups is 3. The molecule has 5 heteroatoms. The van der Waals surface area contributed by atoms with Crippen molar-refractivity contribution in [1.82, 2.24) is 0 Å². The fourth-order valence-corrected chi connectivity index (χ4v) is 1.87. The van der Waals surface area contributed by atoms with Gasteiger partial charge in [-0.1, -0.05) is 6.92 Å². The van der Waals surface area contributed by atoms with Gasteiger partial charge in [-0.3, -0.25) is 0 Å². The van der Waals surface area contributed by atoms with Crippen LogP contribution in [0.3, 0.4) is 0 Å². The SMILES string of the molecule is CC[C@@H]1C(CO)O[C@H](OC)C(O)[C@H]1O. The third kappa shape index (κ3) is 2.07. The standard InChI is InChI=1S/C9H18O5/c1-3-5-6(4-10)14-9(13-2)8(12)7(5)11/h5-12H,3-4H2,1-2H3/t5-,6?,7+,8?,9+/m1/s1. The Bertz CT molecular complexity index is 173. The van der Waals surface area contributed by atoms with Crippen molar-refractivity contribution in [2.45, 2.75) is 37.9 Å². The Morgan fingerprint density at radius 2 is 1.93 bits per heavy atom. The summed E-state index contributed by atoms with van der Waals surface area (Å²) in [5.41, 5.74) is 0. The number of methoxy groups -OCH3 is 1. The Kier molecular flexibility index (Phi) is 4.28. The maximum absolute atomic E-state index is 9.72. The summed E-state index contributed by atoms with van der Waals surface area (Å²) >= 11 is 0. The molecule has 0 aromatic heterocycles. The lowest BCUT2D eigenvalue weighted by Crippen LogP contribution is -2.55. The Balaban J connectivity index is 2.71. The molecule has 14 heavy (non-hydrogen) atoms. The van der Waals surface area contributed by atoms with Crippen LogP contribution in [-0.2, 0) is 9.47 Å². The molecular weight excluding hydrogens is 188 g/mol. The van der Waals surface area contributed by atoms with E-state index in [2.05, 4.69) is 0 Å². The van der Waals surface area contributed by atoms with Crippen LogP contribution in [-0.4, -0.2) is 53.6 Å². The highest BCUT2D eigenvalue weighted by atomic mass is 16.7. The first-order valence-electron chi connectivity index (χ1n) is 4.80. The molecule has 3 N–H and O–H groups in total. The maximum Gasteiger partial charge on any atom is 0.186 e. The lowest BCUT2D eigenvalue weighted by atomic mass is 9.87. The van der Waals surface area contributed by atoms with Gasteiger partial charge in [0.15, 0.2) is 6.29 Å². The second kappa shape index (κ2) is 5.04. The van der Waals surface area contributed by atoms with E-state index in [9.17, 15) is 10.2 Å². The van der Waals surface area contributed by atoms with Crippen LogP contribution in [0.25, 0.3) is 0 Å². The summed E-state index contributed by atoms with van der Waals surface area (Å²) in [6.07, 6.45) is -2.64. The van der Waals surface area contributed by atoms with Gasteiger partial charge in [-0.15, -0.1) is 0 Å². The van der Waals surface area contributed by atoms with Crippen molar-refractivity contribution < 1.29 is 24.8 Å². The van der Waals surface area contributed by atoms with Crippen LogP contribution in [0.15, 0.2) is 0 Å². The van der Waals surface area contributed by atoms with Crippen molar-refractivity contribution in [3.63, 3.8) is 0 Å². The molecule has 1 heterocycles. The van der Waals surface area contributed by atoms with E-state index in [0.717, 1.165) is 0 Å². The van der Waals surface area contributed by atoms with E-state index in [1.807, 2.05) is 6.92 Å². The number of rotatable bonds is 3. The molecule has 1 aliphatic rings. The third-order valence-corrected chi connectivity index (χ3v) is 2.74. The van der Waals surface area contributed by atoms with Crippen LogP contribution in [0.2, 0.25) is 0 Å². The number of hydrogen-bond acceptors (Lipinski definition) is 5. The van der Waals surface area contributed by atoms with E-state index in [-0.39, 0.29) is 12.5 Å². The minimum atomic E-state index is -1.05. The maximum atomic E-state index is 9.72. The molecule has 0 aliphatic carbocycles. The highest BCUT2D eigenvalue weighted by Crippen LogP contribution is 2.28. The van der Waals surface area contributed by atoms with Gasteiger partial charge in [-0.05, 0) is 6.42 Å². The van der Waals surface area contributed by atoms with Crippen LogP contribution >= 0.6 is 0 Å². The van der Waals surface area contributed by atoms with Gasteiger partial charge in [0, 0.05) is 13.0 Å². The molecule has 1 rings (SSSR count). The highest BCUT2D eigenvalue weighted by molar-refractivity contribution is 4.87. The van der Waals surface area contributed by atoms with Gasteiger partial charge in [-0.2, -0.15) is 0 Å². The summed E-state index contributed by atoms with van der Waals surface area (Å²) in [7, 11) is 1.39. The monoisotopic (exact) mass is 206 g/mol. The fourth-order valence-electron chi connectivity index (χ4n) is 1.87. The first-order valence-corrected chi connectivity index (χ1v) is 4.80. The molecular formula is C9H18O5. The molecule has 0 saturated carbocycles. The topological polar surface area (TPSA) is 79.2 Å². The molecule has 0 radical (unpaired) electrons. The minimum absolute atomic E-state index is 0.178. The first-order chi connectivity index (χ1) is 6.65. The Hall–Kier alpha value is -0.200. The van der Waals surface area contributed by atoms with Crippen molar-refractivity contribution in [2.75, 3.05) is 13.7 Å². The number of ether oxygens (including phenoxy) is 2. The molecule has 0 bridgehead atoms. The molecule has 0 amide bonds. The molecule has 5 nitrogen and oxygen atoms in total. The number of hydrogen-bond donors (Lipinski definition) is 3. The quantitative estimate of drug-likeness (QED) is 0.557. The Morgan fingerprint density at radius 1 is 1.29 bits per heavy atom. The van der Waals surface area contributed by atoms with E-state index in [4.69, 9.17) is 14.6 Å². The Morgan fingerprint density at radius 3 is 2.36 bits per heavy atom. The predicted octanol–water partition coefficient (Wildman–Crippen LogP) is -0.902. The third-order valence-electron chi connectivity index (χ3n) is 2.74. The van der Waals surface area contributed by atoms with Crippen LogP contribution in [0, 0.1) is 5.92 Å². The molecule has 0 spiro atoms. The van der Waals surface area contributed by atoms with Gasteiger partial charge in [0.25, 0.3) is 0 Å². The van der Waals surface area contributed by atoms with E-state index in [1.54, 1.807) is 0 Å². The van der Waals surface area contributed by atoms with Crippen molar-refractivity contribution in [3.05, 3.63) is 0 Å². The zero-order valence-electron chi connectivity index (χ0n) is 8.46. The largest absolute Gasteiger partial charge is 0.394 e. The van der Waals surface area contributed by atoms with Gasteiger partial charge in [0.05, 0.1) is 18.8 Å². The van der Waals surface area contributed by atoms with Gasteiger partial charge < -0.3 is 24.8 Å². The zero-order valence-corrected chi connectivity index (χ0v) is 8.46. The van der Waals surface area contributed by atoms with Crippen LogP contribution < -0.4 is 0 Å². The molecule has 1 fully saturated rings.